The summed E-state index contributed by atoms with van der Waals surface area (Å²) in [5.74, 6) is 0.675. The van der Waals surface area contributed by atoms with Gasteiger partial charge in [-0.2, -0.15) is 0 Å². The number of pyridine rings is 1. The SMILES string of the molecule is C=Cc1c(C)n(-c2ccc(NC(=C)N/C(C)=C/C(=NC)C(C)(C)C)cc2)ccc1=O. The zero-order chi connectivity index (χ0) is 22.5. The van der Waals surface area contributed by atoms with Crippen molar-refractivity contribution in [1.29, 1.82) is 0 Å². The minimum atomic E-state index is -0.0226. The van der Waals surface area contributed by atoms with Crippen molar-refractivity contribution in [3.63, 3.8) is 0 Å². The number of allylic oxidation sites excluding steroid dienone is 2. The zero-order valence-corrected chi connectivity index (χ0v) is 18.8. The average molecular weight is 405 g/mol. The van der Waals surface area contributed by atoms with E-state index in [2.05, 4.69) is 49.6 Å². The van der Waals surface area contributed by atoms with E-state index in [1.165, 1.54) is 0 Å². The van der Waals surface area contributed by atoms with Gasteiger partial charge in [0, 0.05) is 58.8 Å². The van der Waals surface area contributed by atoms with Crippen molar-refractivity contribution < 1.29 is 0 Å². The van der Waals surface area contributed by atoms with E-state index in [4.69, 9.17) is 0 Å². The third-order valence-electron chi connectivity index (χ3n) is 4.75. The molecule has 0 aliphatic rings. The second-order valence-corrected chi connectivity index (χ2v) is 8.21. The van der Waals surface area contributed by atoms with E-state index in [1.54, 1.807) is 25.4 Å². The molecule has 0 atom stereocenters. The summed E-state index contributed by atoms with van der Waals surface area (Å²) in [5, 5.41) is 6.53. The zero-order valence-electron chi connectivity index (χ0n) is 18.8. The van der Waals surface area contributed by atoms with E-state index in [0.717, 1.165) is 28.5 Å². The van der Waals surface area contributed by atoms with Gasteiger partial charge in [-0.1, -0.05) is 40.0 Å². The minimum Gasteiger partial charge on any atom is -0.346 e. The van der Waals surface area contributed by atoms with Crippen LogP contribution in [0.5, 0.6) is 0 Å². The summed E-state index contributed by atoms with van der Waals surface area (Å²) in [6.07, 6.45) is 5.42. The van der Waals surface area contributed by atoms with Crippen LogP contribution in [0.2, 0.25) is 0 Å². The summed E-state index contributed by atoms with van der Waals surface area (Å²) >= 11 is 0. The highest BCUT2D eigenvalue weighted by Gasteiger charge is 2.16. The van der Waals surface area contributed by atoms with Gasteiger partial charge in [0.1, 0.15) is 0 Å². The number of aliphatic imine (C=N–C) groups is 1. The number of hydrogen-bond donors (Lipinski definition) is 2. The molecule has 0 unspecified atom stereocenters. The molecular weight excluding hydrogens is 372 g/mol. The van der Waals surface area contributed by atoms with Gasteiger partial charge in [0.15, 0.2) is 5.43 Å². The molecule has 2 rings (SSSR count). The van der Waals surface area contributed by atoms with Crippen molar-refractivity contribution in [2.24, 2.45) is 10.4 Å². The highest BCUT2D eigenvalue weighted by Crippen LogP contribution is 2.19. The summed E-state index contributed by atoms with van der Waals surface area (Å²) < 4.78 is 1.97. The van der Waals surface area contributed by atoms with E-state index >= 15 is 0 Å². The Bertz CT molecular complexity index is 1050. The van der Waals surface area contributed by atoms with Gasteiger partial charge in [-0.05, 0) is 44.2 Å². The van der Waals surface area contributed by atoms with Crippen molar-refractivity contribution >= 4 is 17.5 Å². The molecule has 0 saturated carbocycles. The van der Waals surface area contributed by atoms with Crippen LogP contribution in [0.25, 0.3) is 11.8 Å². The lowest BCUT2D eigenvalue weighted by Crippen LogP contribution is -2.22. The summed E-state index contributed by atoms with van der Waals surface area (Å²) in [6, 6.07) is 9.48. The van der Waals surface area contributed by atoms with Crippen LogP contribution in [-0.2, 0) is 0 Å². The Morgan fingerprint density at radius 2 is 1.80 bits per heavy atom. The number of aromatic nitrogens is 1. The molecule has 0 spiro atoms. The highest BCUT2D eigenvalue weighted by molar-refractivity contribution is 5.99. The second-order valence-electron chi connectivity index (χ2n) is 8.21. The van der Waals surface area contributed by atoms with Gasteiger partial charge in [-0.15, -0.1) is 0 Å². The third kappa shape index (κ3) is 5.60. The van der Waals surface area contributed by atoms with Gasteiger partial charge in [0.2, 0.25) is 0 Å². The molecule has 2 aromatic rings. The van der Waals surface area contributed by atoms with Crippen LogP contribution in [0.15, 0.2) is 77.1 Å². The van der Waals surface area contributed by atoms with Crippen LogP contribution in [0.4, 0.5) is 5.69 Å². The Hall–Kier alpha value is -3.34. The first kappa shape index (κ1) is 22.9. The molecule has 1 aromatic heterocycles. The second kappa shape index (κ2) is 9.44. The predicted octanol–water partition coefficient (Wildman–Crippen LogP) is 5.28. The van der Waals surface area contributed by atoms with Gasteiger partial charge < -0.3 is 15.2 Å². The number of nitrogens with one attached hydrogen (secondary N) is 2. The Balaban J connectivity index is 2.12. The van der Waals surface area contributed by atoms with Gasteiger partial charge in [0.25, 0.3) is 0 Å². The topological polar surface area (TPSA) is 58.4 Å². The highest BCUT2D eigenvalue weighted by atomic mass is 16.1. The van der Waals surface area contributed by atoms with E-state index in [-0.39, 0.29) is 10.8 Å². The van der Waals surface area contributed by atoms with Gasteiger partial charge >= 0.3 is 0 Å². The van der Waals surface area contributed by atoms with E-state index < -0.39 is 0 Å². The first-order chi connectivity index (χ1) is 14.1. The monoisotopic (exact) mass is 404 g/mol. The average Bonchev–Trinajstić information content (AvgIpc) is 2.66. The number of anilines is 1. The summed E-state index contributed by atoms with van der Waals surface area (Å²) in [4.78, 5) is 16.3. The normalized spacial score (nSPS) is 12.5. The maximum Gasteiger partial charge on any atom is 0.189 e. The Morgan fingerprint density at radius 3 is 2.33 bits per heavy atom. The lowest BCUT2D eigenvalue weighted by atomic mass is 9.89. The van der Waals surface area contributed by atoms with Crippen LogP contribution >= 0.6 is 0 Å². The van der Waals surface area contributed by atoms with E-state index in [0.29, 0.717) is 11.4 Å². The molecular formula is C25H32N4O. The molecule has 0 aliphatic heterocycles. The smallest absolute Gasteiger partial charge is 0.189 e. The van der Waals surface area contributed by atoms with Crippen molar-refractivity contribution in [2.75, 3.05) is 12.4 Å². The number of benzene rings is 1. The van der Waals surface area contributed by atoms with Crippen LogP contribution in [0.1, 0.15) is 39.0 Å². The van der Waals surface area contributed by atoms with Crippen molar-refractivity contribution in [3.8, 4) is 5.69 Å². The van der Waals surface area contributed by atoms with E-state index in [1.807, 2.05) is 48.8 Å². The summed E-state index contributed by atoms with van der Waals surface area (Å²) in [6.45, 7) is 18.1. The largest absolute Gasteiger partial charge is 0.346 e. The molecule has 1 aromatic carbocycles. The van der Waals surface area contributed by atoms with Gasteiger partial charge in [0.05, 0.1) is 5.82 Å². The molecule has 0 amide bonds. The lowest BCUT2D eigenvalue weighted by Gasteiger charge is -2.20. The molecule has 5 heteroatoms. The van der Waals surface area contributed by atoms with Gasteiger partial charge in [-0.3, -0.25) is 9.79 Å². The lowest BCUT2D eigenvalue weighted by molar-refractivity contribution is 0.592. The van der Waals surface area contributed by atoms with Crippen molar-refractivity contribution in [1.82, 2.24) is 9.88 Å². The maximum atomic E-state index is 11.9. The Morgan fingerprint density at radius 1 is 1.17 bits per heavy atom. The number of rotatable bonds is 7. The molecule has 0 fully saturated rings. The summed E-state index contributed by atoms with van der Waals surface area (Å²) in [5.41, 5.74) is 5.28. The fourth-order valence-electron chi connectivity index (χ4n) is 3.19. The first-order valence-corrected chi connectivity index (χ1v) is 9.90. The van der Waals surface area contributed by atoms with Crippen LogP contribution in [0, 0.1) is 12.3 Å². The van der Waals surface area contributed by atoms with E-state index in [9.17, 15) is 4.79 Å². The van der Waals surface area contributed by atoms with Crippen molar-refractivity contribution in [2.45, 2.75) is 34.6 Å². The maximum absolute atomic E-state index is 11.9. The van der Waals surface area contributed by atoms with Gasteiger partial charge in [-0.25, -0.2) is 0 Å². The van der Waals surface area contributed by atoms with Crippen molar-refractivity contribution in [3.05, 3.63) is 88.8 Å². The quantitative estimate of drug-likeness (QED) is 0.617. The molecule has 158 valence electrons. The Kier molecular flexibility index (Phi) is 7.22. The molecule has 30 heavy (non-hydrogen) atoms. The predicted molar refractivity (Wildman–Crippen MR) is 129 cm³/mol. The number of hydrogen-bond acceptors (Lipinski definition) is 4. The van der Waals surface area contributed by atoms with Crippen LogP contribution in [-0.4, -0.2) is 17.3 Å². The minimum absolute atomic E-state index is 0.0200. The first-order valence-electron chi connectivity index (χ1n) is 9.90. The molecule has 5 nitrogen and oxygen atoms in total. The molecule has 0 radical (unpaired) electrons. The molecule has 0 aliphatic carbocycles. The standard InChI is InChI=1S/C25H32N4O/c1-9-22-18(3)29(15-14-23(22)30)21-12-10-20(11-13-21)28-19(4)27-17(2)16-24(26-8)25(5,6)7/h9-16,27-28H,1,4H2,2-3,5-8H3/b17-16+,26-24?. The molecule has 0 bridgehead atoms. The fraction of sp³-hybridized carbons (Fsp3) is 0.280. The molecule has 2 N–H and O–H groups in total. The third-order valence-corrected chi connectivity index (χ3v) is 4.75. The Labute approximate surface area is 179 Å². The molecule has 0 saturated heterocycles. The van der Waals surface area contributed by atoms with Crippen LogP contribution < -0.4 is 16.1 Å². The number of nitrogens with zero attached hydrogens (tertiary/aromatic N) is 2. The van der Waals surface area contributed by atoms with Crippen LogP contribution in [0.3, 0.4) is 0 Å². The molecule has 1 heterocycles. The summed E-state index contributed by atoms with van der Waals surface area (Å²) in [7, 11) is 1.81. The fourth-order valence-corrected chi connectivity index (χ4v) is 3.19.